The third-order valence-electron chi connectivity index (χ3n) is 3.44. The molecule has 0 radical (unpaired) electrons. The molecule has 0 unspecified atom stereocenters. The van der Waals surface area contributed by atoms with E-state index >= 15 is 0 Å². The fourth-order valence-corrected chi connectivity index (χ4v) is 2.53. The van der Waals surface area contributed by atoms with Crippen LogP contribution in [-0.2, 0) is 16.0 Å². The molecular weight excluding hydrogens is 306 g/mol. The van der Waals surface area contributed by atoms with Crippen LogP contribution in [0.1, 0.15) is 12.5 Å². The molecule has 3 atom stereocenters. The van der Waals surface area contributed by atoms with E-state index < -0.39 is 29.5 Å². The lowest BCUT2D eigenvalue weighted by atomic mass is 10.1. The number of hydrogen-bond donors (Lipinski definition) is 1. The van der Waals surface area contributed by atoms with Gasteiger partial charge in [-0.15, -0.1) is 11.6 Å². The van der Waals surface area contributed by atoms with E-state index in [0.29, 0.717) is 6.42 Å². The minimum atomic E-state index is -1.22. The number of halogens is 1. The van der Waals surface area contributed by atoms with Crippen molar-refractivity contribution in [3.05, 3.63) is 48.0 Å². The lowest BCUT2D eigenvalue weighted by molar-refractivity contribution is -0.130. The van der Waals surface area contributed by atoms with Gasteiger partial charge < -0.3 is 9.84 Å². The van der Waals surface area contributed by atoms with Crippen molar-refractivity contribution < 1.29 is 19.4 Å². The molecule has 1 aromatic carbocycles. The Kier molecular flexibility index (Phi) is 5.57. The number of carbonyl (C=O) groups excluding carboxylic acids is 2. The van der Waals surface area contributed by atoms with Gasteiger partial charge in [0, 0.05) is 0 Å². The SMILES string of the molecule is C/C=C/[C@H](O)[C@@H](Cl)C(=O)N1C(=O)OC[C@H]1Cc1ccccc1. The summed E-state index contributed by atoms with van der Waals surface area (Å²) in [6.07, 6.45) is 1.62. The summed E-state index contributed by atoms with van der Waals surface area (Å²) in [5.41, 5.74) is 0.990. The maximum atomic E-state index is 12.4. The van der Waals surface area contributed by atoms with Crippen molar-refractivity contribution in [3.8, 4) is 0 Å². The molecule has 6 heteroatoms. The smallest absolute Gasteiger partial charge is 0.417 e. The highest BCUT2D eigenvalue weighted by Gasteiger charge is 2.41. The molecule has 1 aliphatic rings. The molecule has 22 heavy (non-hydrogen) atoms. The molecule has 1 aromatic rings. The van der Waals surface area contributed by atoms with E-state index in [0.717, 1.165) is 10.5 Å². The first-order valence-electron chi connectivity index (χ1n) is 7.03. The maximum absolute atomic E-state index is 12.4. The van der Waals surface area contributed by atoms with Crippen molar-refractivity contribution in [2.24, 2.45) is 0 Å². The third kappa shape index (κ3) is 3.67. The van der Waals surface area contributed by atoms with E-state index in [-0.39, 0.29) is 6.61 Å². The largest absolute Gasteiger partial charge is 0.447 e. The van der Waals surface area contributed by atoms with Crippen LogP contribution in [0.25, 0.3) is 0 Å². The van der Waals surface area contributed by atoms with Gasteiger partial charge in [-0.3, -0.25) is 4.79 Å². The van der Waals surface area contributed by atoms with E-state index in [9.17, 15) is 14.7 Å². The number of cyclic esters (lactones) is 1. The zero-order valence-electron chi connectivity index (χ0n) is 12.2. The fourth-order valence-electron chi connectivity index (χ4n) is 2.34. The van der Waals surface area contributed by atoms with Crippen LogP contribution < -0.4 is 0 Å². The lowest BCUT2D eigenvalue weighted by Crippen LogP contribution is -2.47. The Balaban J connectivity index is 2.12. The molecule has 0 spiro atoms. The second-order valence-electron chi connectivity index (χ2n) is 5.05. The maximum Gasteiger partial charge on any atom is 0.417 e. The molecule has 1 fully saturated rings. The summed E-state index contributed by atoms with van der Waals surface area (Å²) >= 11 is 5.97. The van der Waals surface area contributed by atoms with Gasteiger partial charge in [0.2, 0.25) is 0 Å². The Labute approximate surface area is 134 Å². The van der Waals surface area contributed by atoms with Crippen molar-refractivity contribution in [3.63, 3.8) is 0 Å². The van der Waals surface area contributed by atoms with Crippen molar-refractivity contribution >= 4 is 23.6 Å². The van der Waals surface area contributed by atoms with Crippen molar-refractivity contribution in [2.45, 2.75) is 30.9 Å². The second-order valence-corrected chi connectivity index (χ2v) is 5.52. The zero-order chi connectivity index (χ0) is 16.1. The summed E-state index contributed by atoms with van der Waals surface area (Å²) in [5, 5.41) is 8.57. The third-order valence-corrected chi connectivity index (χ3v) is 3.88. The van der Waals surface area contributed by atoms with Crippen molar-refractivity contribution in [1.82, 2.24) is 4.90 Å². The molecule has 1 saturated heterocycles. The van der Waals surface area contributed by atoms with Gasteiger partial charge in [-0.1, -0.05) is 42.5 Å². The summed E-state index contributed by atoms with van der Waals surface area (Å²) in [4.78, 5) is 25.2. The molecule has 5 nitrogen and oxygen atoms in total. The van der Waals surface area contributed by atoms with Crippen molar-refractivity contribution in [2.75, 3.05) is 6.61 Å². The zero-order valence-corrected chi connectivity index (χ0v) is 12.9. The highest BCUT2D eigenvalue weighted by atomic mass is 35.5. The van der Waals surface area contributed by atoms with Gasteiger partial charge in [-0.05, 0) is 18.9 Å². The number of imide groups is 1. The fraction of sp³-hybridized carbons (Fsp3) is 0.375. The summed E-state index contributed by atoms with van der Waals surface area (Å²) < 4.78 is 4.97. The number of aliphatic hydroxyl groups excluding tert-OH is 1. The summed E-state index contributed by atoms with van der Waals surface area (Å²) in [5.74, 6) is -0.643. The van der Waals surface area contributed by atoms with E-state index in [2.05, 4.69) is 0 Å². The predicted molar refractivity (Wildman–Crippen MR) is 82.6 cm³/mol. The normalized spacial score (nSPS) is 21.0. The van der Waals surface area contributed by atoms with Gasteiger partial charge in [0.25, 0.3) is 5.91 Å². The number of nitrogens with zero attached hydrogens (tertiary/aromatic N) is 1. The monoisotopic (exact) mass is 323 g/mol. The molecule has 2 amide bonds. The summed E-state index contributed by atoms with van der Waals surface area (Å²) in [6, 6.07) is 9.08. The highest BCUT2D eigenvalue weighted by Crippen LogP contribution is 2.21. The minimum Gasteiger partial charge on any atom is -0.447 e. The molecule has 0 aliphatic carbocycles. The van der Waals surface area contributed by atoms with Gasteiger partial charge >= 0.3 is 6.09 Å². The van der Waals surface area contributed by atoms with Crippen LogP contribution in [0.5, 0.6) is 0 Å². The van der Waals surface area contributed by atoms with Crippen LogP contribution in [0.3, 0.4) is 0 Å². The topological polar surface area (TPSA) is 66.8 Å². The molecule has 1 aliphatic heterocycles. The van der Waals surface area contributed by atoms with E-state index in [1.807, 2.05) is 30.3 Å². The van der Waals surface area contributed by atoms with Crippen LogP contribution >= 0.6 is 11.6 Å². The number of alkyl halides is 1. The average Bonchev–Trinajstić information content (AvgIpc) is 2.87. The van der Waals surface area contributed by atoms with Gasteiger partial charge in [0.05, 0.1) is 12.1 Å². The number of allylic oxidation sites excluding steroid dienone is 1. The number of benzene rings is 1. The number of aliphatic hydroxyl groups is 1. The summed E-state index contributed by atoms with van der Waals surface area (Å²) in [7, 11) is 0. The second kappa shape index (κ2) is 7.42. The molecule has 0 saturated carbocycles. The standard InChI is InChI=1S/C16H18ClNO4/c1-2-6-13(19)14(17)15(20)18-12(10-22-16(18)21)9-11-7-4-3-5-8-11/h2-8,12-14,19H,9-10H2,1H3/b6-2+/t12-,13+,14-/m1/s1. The van der Waals surface area contributed by atoms with Crippen molar-refractivity contribution in [1.29, 1.82) is 0 Å². The van der Waals surface area contributed by atoms with Crippen LogP contribution in [0.4, 0.5) is 4.79 Å². The molecule has 1 heterocycles. The van der Waals surface area contributed by atoms with Crippen LogP contribution in [0, 0.1) is 0 Å². The highest BCUT2D eigenvalue weighted by molar-refractivity contribution is 6.32. The Bertz CT molecular complexity index is 561. The first-order chi connectivity index (χ1) is 10.5. The Morgan fingerprint density at radius 1 is 1.50 bits per heavy atom. The number of ether oxygens (including phenoxy) is 1. The van der Waals surface area contributed by atoms with Gasteiger partial charge in [0.15, 0.2) is 0 Å². The van der Waals surface area contributed by atoms with Crippen LogP contribution in [0.15, 0.2) is 42.5 Å². The Morgan fingerprint density at radius 3 is 2.82 bits per heavy atom. The van der Waals surface area contributed by atoms with Gasteiger partial charge in [0.1, 0.15) is 12.0 Å². The molecule has 118 valence electrons. The van der Waals surface area contributed by atoms with Gasteiger partial charge in [-0.25, -0.2) is 9.69 Å². The number of rotatable bonds is 5. The number of hydrogen-bond acceptors (Lipinski definition) is 4. The van der Waals surface area contributed by atoms with E-state index in [1.165, 1.54) is 6.08 Å². The number of carbonyl (C=O) groups is 2. The number of amides is 2. The summed E-state index contributed by atoms with van der Waals surface area (Å²) in [6.45, 7) is 1.84. The van der Waals surface area contributed by atoms with E-state index in [1.54, 1.807) is 13.0 Å². The molecular formula is C16H18ClNO4. The first-order valence-corrected chi connectivity index (χ1v) is 7.47. The minimum absolute atomic E-state index is 0.128. The molecule has 2 rings (SSSR count). The molecule has 0 aromatic heterocycles. The first kappa shape index (κ1) is 16.5. The quantitative estimate of drug-likeness (QED) is 0.666. The Hall–Kier alpha value is -1.85. The Morgan fingerprint density at radius 2 is 2.18 bits per heavy atom. The van der Waals surface area contributed by atoms with Crippen LogP contribution in [-0.4, -0.2) is 46.1 Å². The molecule has 1 N–H and O–H groups in total. The van der Waals surface area contributed by atoms with Gasteiger partial charge in [-0.2, -0.15) is 0 Å². The average molecular weight is 324 g/mol. The lowest BCUT2D eigenvalue weighted by Gasteiger charge is -2.23. The molecule has 0 bridgehead atoms. The van der Waals surface area contributed by atoms with Crippen LogP contribution in [0.2, 0.25) is 0 Å². The van der Waals surface area contributed by atoms with E-state index in [4.69, 9.17) is 16.3 Å². The predicted octanol–water partition coefficient (Wildman–Crippen LogP) is 2.12.